The van der Waals surface area contributed by atoms with Crippen LogP contribution in [-0.2, 0) is 25.0 Å². The van der Waals surface area contributed by atoms with E-state index in [1.165, 1.54) is 42.6 Å². The molecule has 0 radical (unpaired) electrons. The first-order valence-corrected chi connectivity index (χ1v) is 9.72. The average Bonchev–Trinajstić information content (AvgIpc) is 2.63. The minimum atomic E-state index is -4.16. The number of nitrogens with zero attached hydrogens (tertiary/aromatic N) is 1. The van der Waals surface area contributed by atoms with Gasteiger partial charge in [0.25, 0.3) is 10.0 Å². The van der Waals surface area contributed by atoms with E-state index in [4.69, 9.17) is 16.3 Å². The van der Waals surface area contributed by atoms with E-state index in [1.807, 2.05) is 0 Å². The first kappa shape index (κ1) is 18.8. The molecular formula is C17H16ClFN2O4S. The lowest BCUT2D eigenvalue weighted by Crippen LogP contribution is -2.49. The van der Waals surface area contributed by atoms with Gasteiger partial charge in [-0.25, -0.2) is 14.1 Å². The van der Waals surface area contributed by atoms with Crippen molar-refractivity contribution in [3.63, 3.8) is 0 Å². The third-order valence-corrected chi connectivity index (χ3v) is 5.85. The number of hydrogen-bond donors (Lipinski definition) is 1. The summed E-state index contributed by atoms with van der Waals surface area (Å²) in [6, 6.07) is 8.06. The summed E-state index contributed by atoms with van der Waals surface area (Å²) in [6.07, 6.45) is 1.76. The monoisotopic (exact) mass is 398 g/mol. The summed E-state index contributed by atoms with van der Waals surface area (Å²) >= 11 is 5.71. The fourth-order valence-electron chi connectivity index (χ4n) is 2.93. The Kier molecular flexibility index (Phi) is 5.27. The van der Waals surface area contributed by atoms with Crippen LogP contribution in [0.2, 0.25) is 5.02 Å². The van der Waals surface area contributed by atoms with Gasteiger partial charge < -0.3 is 4.74 Å². The molecule has 0 aliphatic carbocycles. The molecule has 1 aliphatic heterocycles. The van der Waals surface area contributed by atoms with Crippen molar-refractivity contribution in [2.45, 2.75) is 23.3 Å². The van der Waals surface area contributed by atoms with Gasteiger partial charge in [0.2, 0.25) is 5.91 Å². The summed E-state index contributed by atoms with van der Waals surface area (Å²) in [7, 11) is -4.16. The fourth-order valence-corrected chi connectivity index (χ4v) is 4.02. The Morgan fingerprint density at radius 3 is 2.38 bits per heavy atom. The maximum atomic E-state index is 13.3. The molecule has 2 aromatic rings. The molecule has 0 atom stereocenters. The van der Waals surface area contributed by atoms with Crippen molar-refractivity contribution in [1.82, 2.24) is 9.71 Å². The highest BCUT2D eigenvalue weighted by molar-refractivity contribution is 7.90. The summed E-state index contributed by atoms with van der Waals surface area (Å²) in [4.78, 5) is 16.7. The highest BCUT2D eigenvalue weighted by Crippen LogP contribution is 2.35. The van der Waals surface area contributed by atoms with Crippen molar-refractivity contribution >= 4 is 27.5 Å². The van der Waals surface area contributed by atoms with E-state index >= 15 is 0 Å². The molecule has 2 heterocycles. The van der Waals surface area contributed by atoms with Crippen molar-refractivity contribution in [1.29, 1.82) is 0 Å². The number of carbonyl (C=O) groups excluding carboxylic acids is 1. The van der Waals surface area contributed by atoms with Crippen molar-refractivity contribution in [3.05, 3.63) is 59.0 Å². The van der Waals surface area contributed by atoms with Crippen LogP contribution in [0.3, 0.4) is 0 Å². The smallest absolute Gasteiger partial charge is 0.281 e. The second-order valence-corrected chi connectivity index (χ2v) is 8.02. The average molecular weight is 399 g/mol. The van der Waals surface area contributed by atoms with Crippen LogP contribution < -0.4 is 4.72 Å². The molecule has 9 heteroatoms. The number of nitrogens with one attached hydrogen (secondary N) is 1. The molecule has 1 aliphatic rings. The molecule has 3 rings (SSSR count). The van der Waals surface area contributed by atoms with E-state index in [9.17, 15) is 17.6 Å². The van der Waals surface area contributed by atoms with Crippen molar-refractivity contribution in [2.75, 3.05) is 13.2 Å². The molecule has 1 aromatic carbocycles. The maximum Gasteiger partial charge on any atom is 0.281 e. The van der Waals surface area contributed by atoms with Gasteiger partial charge in [0.15, 0.2) is 5.03 Å². The SMILES string of the molecule is O=C(NS(=O)(=O)c1ccc(Cl)cn1)C1(c2ccc(F)cc2)CCOCC1. The lowest BCUT2D eigenvalue weighted by molar-refractivity contribution is -0.128. The second kappa shape index (κ2) is 7.30. The standard InChI is InChI=1S/C17H16ClFN2O4S/c18-13-3-6-15(20-11-13)26(23,24)21-16(22)17(7-9-25-10-8-17)12-1-4-14(19)5-2-12/h1-6,11H,7-10H2,(H,21,22). The van der Waals surface area contributed by atoms with Gasteiger partial charge >= 0.3 is 0 Å². The van der Waals surface area contributed by atoms with Crippen LogP contribution in [-0.4, -0.2) is 32.5 Å². The summed E-state index contributed by atoms with van der Waals surface area (Å²) in [6.45, 7) is 0.591. The van der Waals surface area contributed by atoms with E-state index in [1.54, 1.807) is 0 Å². The second-order valence-electron chi connectivity index (χ2n) is 5.95. The third-order valence-electron chi connectivity index (χ3n) is 4.38. The molecule has 138 valence electrons. The van der Waals surface area contributed by atoms with Gasteiger partial charge in [0.1, 0.15) is 5.82 Å². The number of carbonyl (C=O) groups is 1. The first-order valence-electron chi connectivity index (χ1n) is 7.86. The molecule has 0 spiro atoms. The number of ether oxygens (including phenoxy) is 1. The summed E-state index contributed by atoms with van der Waals surface area (Å²) in [5, 5.41) is -0.0287. The number of amides is 1. The predicted octanol–water partition coefficient (Wildman–Crippen LogP) is 2.43. The van der Waals surface area contributed by atoms with Crippen LogP contribution in [0, 0.1) is 5.82 Å². The van der Waals surface area contributed by atoms with E-state index in [2.05, 4.69) is 9.71 Å². The summed E-state index contributed by atoms with van der Waals surface area (Å²) < 4.78 is 45.7. The van der Waals surface area contributed by atoms with Crippen LogP contribution in [0.25, 0.3) is 0 Å². The topological polar surface area (TPSA) is 85.4 Å². The zero-order valence-corrected chi connectivity index (χ0v) is 15.2. The molecule has 0 unspecified atom stereocenters. The van der Waals surface area contributed by atoms with Gasteiger partial charge in [-0.3, -0.25) is 4.79 Å². The Morgan fingerprint density at radius 2 is 1.81 bits per heavy atom. The molecule has 0 bridgehead atoms. The number of sulfonamides is 1. The summed E-state index contributed by atoms with van der Waals surface area (Å²) in [5.41, 5.74) is -0.579. The zero-order valence-electron chi connectivity index (χ0n) is 13.6. The molecule has 1 saturated heterocycles. The Bertz CT molecular complexity index is 895. The van der Waals surface area contributed by atoms with Crippen LogP contribution >= 0.6 is 11.6 Å². The molecular weight excluding hydrogens is 383 g/mol. The quantitative estimate of drug-likeness (QED) is 0.854. The molecule has 6 nitrogen and oxygen atoms in total. The predicted molar refractivity (Wildman–Crippen MR) is 92.7 cm³/mol. The molecule has 1 amide bonds. The van der Waals surface area contributed by atoms with Gasteiger partial charge in [0.05, 0.1) is 10.4 Å². The lowest BCUT2D eigenvalue weighted by Gasteiger charge is -2.36. The maximum absolute atomic E-state index is 13.3. The highest BCUT2D eigenvalue weighted by atomic mass is 35.5. The minimum Gasteiger partial charge on any atom is -0.381 e. The molecule has 0 saturated carbocycles. The third kappa shape index (κ3) is 3.72. The number of halogens is 2. The van der Waals surface area contributed by atoms with Crippen LogP contribution in [0.15, 0.2) is 47.6 Å². The van der Waals surface area contributed by atoms with Crippen molar-refractivity contribution in [3.8, 4) is 0 Å². The Labute approximate surface area is 155 Å². The molecule has 26 heavy (non-hydrogen) atoms. The van der Waals surface area contributed by atoms with Crippen LogP contribution in [0.4, 0.5) is 4.39 Å². The van der Waals surface area contributed by atoms with Gasteiger partial charge in [-0.2, -0.15) is 8.42 Å². The number of pyridine rings is 1. The number of hydrogen-bond acceptors (Lipinski definition) is 5. The Hall–Kier alpha value is -2.03. The first-order chi connectivity index (χ1) is 12.3. The van der Waals surface area contributed by atoms with Crippen molar-refractivity contribution in [2.24, 2.45) is 0 Å². The number of aromatic nitrogens is 1. The molecule has 1 N–H and O–H groups in total. The van der Waals surface area contributed by atoms with Gasteiger partial charge in [-0.15, -0.1) is 0 Å². The number of rotatable bonds is 4. The highest BCUT2D eigenvalue weighted by Gasteiger charge is 2.43. The van der Waals surface area contributed by atoms with Gasteiger partial charge in [-0.05, 0) is 42.7 Å². The van der Waals surface area contributed by atoms with E-state index in [0.717, 1.165) is 0 Å². The largest absolute Gasteiger partial charge is 0.381 e. The van der Waals surface area contributed by atoms with E-state index in [-0.39, 0.29) is 22.9 Å². The molecule has 1 fully saturated rings. The lowest BCUT2D eigenvalue weighted by atomic mass is 9.73. The normalized spacial score (nSPS) is 16.8. The van der Waals surface area contributed by atoms with Crippen LogP contribution in [0.1, 0.15) is 18.4 Å². The fraction of sp³-hybridized carbons (Fsp3) is 0.294. The number of benzene rings is 1. The van der Waals surface area contributed by atoms with E-state index < -0.39 is 27.2 Å². The van der Waals surface area contributed by atoms with E-state index in [0.29, 0.717) is 18.8 Å². The van der Waals surface area contributed by atoms with Gasteiger partial charge in [-0.1, -0.05) is 23.7 Å². The van der Waals surface area contributed by atoms with Crippen LogP contribution in [0.5, 0.6) is 0 Å². The molecule has 1 aromatic heterocycles. The minimum absolute atomic E-state index is 0.280. The Balaban J connectivity index is 1.93. The zero-order chi connectivity index (χ0) is 18.8. The van der Waals surface area contributed by atoms with Crippen molar-refractivity contribution < 1.29 is 22.3 Å². The summed E-state index contributed by atoms with van der Waals surface area (Å²) in [5.74, 6) is -1.13. The van der Waals surface area contributed by atoms with Gasteiger partial charge in [0, 0.05) is 19.4 Å². The Morgan fingerprint density at radius 1 is 1.15 bits per heavy atom.